The third-order valence-electron chi connectivity index (χ3n) is 5.46. The van der Waals surface area contributed by atoms with Gasteiger partial charge in [0, 0.05) is 18.2 Å². The van der Waals surface area contributed by atoms with Gasteiger partial charge in [0.25, 0.3) is 0 Å². The molecule has 0 unspecified atom stereocenters. The molecular formula is C30H31NO5. The van der Waals surface area contributed by atoms with Crippen molar-refractivity contribution in [3.05, 3.63) is 96.1 Å². The molecule has 1 N–H and O–H groups in total. The van der Waals surface area contributed by atoms with E-state index in [1.165, 1.54) is 17.9 Å². The normalized spacial score (nSPS) is 10.5. The van der Waals surface area contributed by atoms with Crippen LogP contribution >= 0.6 is 0 Å². The van der Waals surface area contributed by atoms with Crippen molar-refractivity contribution in [2.75, 3.05) is 19.8 Å². The minimum Gasteiger partial charge on any atom is -0.494 e. The number of esters is 1. The van der Waals surface area contributed by atoms with Crippen molar-refractivity contribution in [1.29, 1.82) is 5.41 Å². The molecule has 186 valence electrons. The Morgan fingerprint density at radius 1 is 0.944 bits per heavy atom. The predicted molar refractivity (Wildman–Crippen MR) is 141 cm³/mol. The summed E-state index contributed by atoms with van der Waals surface area (Å²) in [4.78, 5) is 23.8. The number of hydrogen-bond acceptors (Lipinski definition) is 6. The largest absolute Gasteiger partial charge is 0.494 e. The lowest BCUT2D eigenvalue weighted by Gasteiger charge is -2.11. The number of carbonyl (C=O) groups is 2. The maximum Gasteiger partial charge on any atom is 0.343 e. The molecule has 3 rings (SSSR count). The third kappa shape index (κ3) is 7.75. The quantitative estimate of drug-likeness (QED) is 0.0986. The molecule has 6 heteroatoms. The molecule has 0 atom stereocenters. The highest BCUT2D eigenvalue weighted by atomic mass is 16.5. The van der Waals surface area contributed by atoms with E-state index in [0.717, 1.165) is 24.0 Å². The fourth-order valence-corrected chi connectivity index (χ4v) is 3.52. The number of nitrogens with one attached hydrogen (secondary N) is 1. The summed E-state index contributed by atoms with van der Waals surface area (Å²) in [6, 6.07) is 20.5. The van der Waals surface area contributed by atoms with Crippen molar-refractivity contribution in [3.8, 4) is 22.6 Å². The zero-order valence-corrected chi connectivity index (χ0v) is 20.5. The van der Waals surface area contributed by atoms with Gasteiger partial charge in [-0.25, -0.2) is 4.79 Å². The van der Waals surface area contributed by atoms with Crippen molar-refractivity contribution >= 4 is 18.0 Å². The molecule has 0 fully saturated rings. The van der Waals surface area contributed by atoms with Crippen LogP contribution in [0.25, 0.3) is 11.1 Å². The van der Waals surface area contributed by atoms with Gasteiger partial charge in [0.2, 0.25) is 0 Å². The van der Waals surface area contributed by atoms with Gasteiger partial charge in [0.05, 0.1) is 18.8 Å². The Bertz CT molecular complexity index is 1180. The van der Waals surface area contributed by atoms with Crippen molar-refractivity contribution < 1.29 is 23.8 Å². The van der Waals surface area contributed by atoms with Crippen LogP contribution in [0.2, 0.25) is 0 Å². The molecule has 0 saturated heterocycles. The summed E-state index contributed by atoms with van der Waals surface area (Å²) in [6.45, 7) is 6.39. The first-order valence-electron chi connectivity index (χ1n) is 12.0. The highest BCUT2D eigenvalue weighted by Crippen LogP contribution is 2.27. The first-order chi connectivity index (χ1) is 17.5. The first-order valence-corrected chi connectivity index (χ1v) is 12.0. The SMILES string of the molecule is C=CC(=O)COCCCOc1ccc(C(=O)Oc2ccc(-c3ccc(CCC)cc3)cc2C=N)cc1. The van der Waals surface area contributed by atoms with Crippen LogP contribution in [0.5, 0.6) is 11.5 Å². The van der Waals surface area contributed by atoms with E-state index in [1.54, 1.807) is 30.3 Å². The lowest BCUT2D eigenvalue weighted by atomic mass is 10.0. The van der Waals surface area contributed by atoms with Crippen LogP contribution in [-0.4, -0.2) is 37.8 Å². The molecule has 0 spiro atoms. The summed E-state index contributed by atoms with van der Waals surface area (Å²) in [6.07, 6.45) is 5.19. The summed E-state index contributed by atoms with van der Waals surface area (Å²) in [5, 5.41) is 7.78. The smallest absolute Gasteiger partial charge is 0.343 e. The van der Waals surface area contributed by atoms with E-state index in [4.69, 9.17) is 19.6 Å². The van der Waals surface area contributed by atoms with Crippen LogP contribution in [0.3, 0.4) is 0 Å². The van der Waals surface area contributed by atoms with Gasteiger partial charge >= 0.3 is 5.97 Å². The average Bonchev–Trinajstić information content (AvgIpc) is 2.91. The maximum atomic E-state index is 12.7. The number of carbonyl (C=O) groups excluding carboxylic acids is 2. The molecule has 36 heavy (non-hydrogen) atoms. The molecule has 0 aliphatic rings. The second-order valence-corrected chi connectivity index (χ2v) is 8.18. The molecule has 6 nitrogen and oxygen atoms in total. The molecule has 0 aromatic heterocycles. The Hall–Kier alpha value is -4.03. The van der Waals surface area contributed by atoms with Crippen LogP contribution < -0.4 is 9.47 Å². The van der Waals surface area contributed by atoms with E-state index < -0.39 is 5.97 Å². The van der Waals surface area contributed by atoms with E-state index in [-0.39, 0.29) is 12.4 Å². The highest BCUT2D eigenvalue weighted by Gasteiger charge is 2.13. The Balaban J connectivity index is 1.55. The van der Waals surface area contributed by atoms with E-state index in [0.29, 0.717) is 42.3 Å². The Morgan fingerprint density at radius 3 is 2.33 bits per heavy atom. The van der Waals surface area contributed by atoms with E-state index in [9.17, 15) is 9.59 Å². The van der Waals surface area contributed by atoms with Crippen molar-refractivity contribution in [3.63, 3.8) is 0 Å². The van der Waals surface area contributed by atoms with Gasteiger partial charge in [-0.05, 0) is 65.6 Å². The number of hydrogen-bond donors (Lipinski definition) is 1. The summed E-state index contributed by atoms with van der Waals surface area (Å²) < 4.78 is 16.4. The average molecular weight is 486 g/mol. The Kier molecular flexibility index (Phi) is 10.2. The highest BCUT2D eigenvalue weighted by molar-refractivity contribution is 5.93. The first kappa shape index (κ1) is 26.6. The third-order valence-corrected chi connectivity index (χ3v) is 5.46. The molecular weight excluding hydrogens is 454 g/mol. The molecule has 0 bridgehead atoms. The standard InChI is InChI=1S/C30H31NO5/c1-3-6-22-7-9-23(10-8-22)25-13-16-29(26(19-25)20-31)36-30(33)24-11-14-28(15-12-24)35-18-5-17-34-21-27(32)4-2/h4,7-16,19-20,31H,2-3,5-6,17-18,21H2,1H3. The minimum atomic E-state index is -0.512. The Morgan fingerprint density at radius 2 is 1.67 bits per heavy atom. The van der Waals surface area contributed by atoms with Crippen LogP contribution in [0.1, 0.15) is 41.3 Å². The van der Waals surface area contributed by atoms with E-state index in [1.807, 2.05) is 12.1 Å². The van der Waals surface area contributed by atoms with Gasteiger partial charge in [0.1, 0.15) is 18.1 Å². The molecule has 0 aliphatic carbocycles. The van der Waals surface area contributed by atoms with Gasteiger partial charge in [0.15, 0.2) is 5.78 Å². The van der Waals surface area contributed by atoms with Crippen molar-refractivity contribution in [2.45, 2.75) is 26.2 Å². The molecule has 0 aliphatic heterocycles. The lowest BCUT2D eigenvalue weighted by molar-refractivity contribution is -0.119. The fourth-order valence-electron chi connectivity index (χ4n) is 3.52. The second-order valence-electron chi connectivity index (χ2n) is 8.18. The topological polar surface area (TPSA) is 85.7 Å². The zero-order chi connectivity index (χ0) is 25.8. The fraction of sp³-hybridized carbons (Fsp3) is 0.233. The molecule has 0 amide bonds. The van der Waals surface area contributed by atoms with Crippen LogP contribution in [0.4, 0.5) is 0 Å². The van der Waals surface area contributed by atoms with Crippen molar-refractivity contribution in [2.24, 2.45) is 0 Å². The summed E-state index contributed by atoms with van der Waals surface area (Å²) >= 11 is 0. The van der Waals surface area contributed by atoms with Crippen LogP contribution in [0, 0.1) is 5.41 Å². The molecule has 0 radical (unpaired) electrons. The number of aryl methyl sites for hydroxylation is 1. The lowest BCUT2D eigenvalue weighted by Crippen LogP contribution is -2.10. The molecule has 3 aromatic carbocycles. The minimum absolute atomic E-state index is 0.0227. The predicted octanol–water partition coefficient (Wildman–Crippen LogP) is 6.06. The number of ketones is 1. The van der Waals surface area contributed by atoms with Gasteiger partial charge in [-0.1, -0.05) is 50.3 Å². The molecule has 0 saturated carbocycles. The maximum absolute atomic E-state index is 12.7. The van der Waals surface area contributed by atoms with Gasteiger partial charge in [-0.3, -0.25) is 4.79 Å². The second kappa shape index (κ2) is 13.8. The molecule has 3 aromatic rings. The van der Waals surface area contributed by atoms with Gasteiger partial charge in [-0.15, -0.1) is 0 Å². The Labute approximate surface area is 212 Å². The zero-order valence-electron chi connectivity index (χ0n) is 20.5. The molecule has 0 heterocycles. The number of rotatable bonds is 14. The van der Waals surface area contributed by atoms with E-state index in [2.05, 4.69) is 37.8 Å². The summed E-state index contributed by atoms with van der Waals surface area (Å²) in [5.41, 5.74) is 4.19. The van der Waals surface area contributed by atoms with Gasteiger partial charge in [-0.2, -0.15) is 0 Å². The van der Waals surface area contributed by atoms with E-state index >= 15 is 0 Å². The monoisotopic (exact) mass is 485 g/mol. The van der Waals surface area contributed by atoms with Gasteiger partial charge < -0.3 is 19.6 Å². The summed E-state index contributed by atoms with van der Waals surface area (Å²) in [5.74, 6) is 0.278. The van der Waals surface area contributed by atoms with Crippen LogP contribution in [-0.2, 0) is 16.0 Å². The number of benzene rings is 3. The summed E-state index contributed by atoms with van der Waals surface area (Å²) in [7, 11) is 0. The van der Waals surface area contributed by atoms with Crippen molar-refractivity contribution in [1.82, 2.24) is 0 Å². The van der Waals surface area contributed by atoms with Crippen LogP contribution in [0.15, 0.2) is 79.4 Å². The number of ether oxygens (including phenoxy) is 3.